The Morgan fingerprint density at radius 3 is 2.93 bits per heavy atom. The van der Waals surface area contributed by atoms with Crippen LogP contribution in [0.25, 0.3) is 0 Å². The molecular formula is C11H11FO3. The molecule has 0 saturated heterocycles. The second-order valence-corrected chi connectivity index (χ2v) is 2.92. The van der Waals surface area contributed by atoms with E-state index in [1.165, 1.54) is 12.1 Å². The molecule has 0 bridgehead atoms. The lowest BCUT2D eigenvalue weighted by Crippen LogP contribution is -2.02. The summed E-state index contributed by atoms with van der Waals surface area (Å²) in [5, 5.41) is 8.66. The quantitative estimate of drug-likeness (QED) is 0.598. The predicted octanol–water partition coefficient (Wildman–Crippen LogP) is 2.23. The number of carboxylic acid groups (broad SMARTS) is 1. The molecule has 0 amide bonds. The third-order valence-corrected chi connectivity index (χ3v) is 1.77. The van der Waals surface area contributed by atoms with E-state index in [0.717, 1.165) is 6.07 Å². The smallest absolute Gasteiger partial charge is 0.338 e. The van der Waals surface area contributed by atoms with Crippen LogP contribution in [-0.4, -0.2) is 17.7 Å². The maximum absolute atomic E-state index is 13.0. The number of hydrogen-bond acceptors (Lipinski definition) is 2. The van der Waals surface area contributed by atoms with Crippen molar-refractivity contribution in [3.8, 4) is 0 Å². The van der Waals surface area contributed by atoms with E-state index in [1.54, 1.807) is 6.08 Å². The fourth-order valence-corrected chi connectivity index (χ4v) is 1.09. The molecule has 0 radical (unpaired) electrons. The Morgan fingerprint density at radius 1 is 1.60 bits per heavy atom. The maximum atomic E-state index is 13.0. The first kappa shape index (κ1) is 11.4. The van der Waals surface area contributed by atoms with E-state index in [-0.39, 0.29) is 12.2 Å². The molecule has 0 aromatic heterocycles. The molecule has 1 aromatic rings. The Kier molecular flexibility index (Phi) is 4.00. The van der Waals surface area contributed by atoms with Crippen LogP contribution in [0, 0.1) is 5.82 Å². The molecule has 3 nitrogen and oxygen atoms in total. The number of hydrogen-bond donors (Lipinski definition) is 1. The summed E-state index contributed by atoms with van der Waals surface area (Å²) in [6.07, 6.45) is 1.58. The number of halogens is 1. The Morgan fingerprint density at radius 2 is 2.33 bits per heavy atom. The van der Waals surface area contributed by atoms with Gasteiger partial charge in [-0.1, -0.05) is 12.1 Å². The zero-order valence-corrected chi connectivity index (χ0v) is 8.07. The van der Waals surface area contributed by atoms with Gasteiger partial charge >= 0.3 is 5.97 Å². The molecule has 15 heavy (non-hydrogen) atoms. The van der Waals surface area contributed by atoms with Gasteiger partial charge in [-0.05, 0) is 17.7 Å². The molecule has 0 aliphatic carbocycles. The molecule has 0 spiro atoms. The molecule has 4 heteroatoms. The number of ether oxygens (including phenoxy) is 1. The molecule has 1 aromatic carbocycles. The van der Waals surface area contributed by atoms with Crippen LogP contribution in [0.3, 0.4) is 0 Å². The summed E-state index contributed by atoms with van der Waals surface area (Å²) in [6, 6.07) is 3.88. The topological polar surface area (TPSA) is 46.5 Å². The van der Waals surface area contributed by atoms with Crippen LogP contribution in [0.15, 0.2) is 30.9 Å². The molecule has 0 atom stereocenters. The second-order valence-electron chi connectivity index (χ2n) is 2.92. The average molecular weight is 210 g/mol. The van der Waals surface area contributed by atoms with Crippen molar-refractivity contribution in [2.45, 2.75) is 6.61 Å². The van der Waals surface area contributed by atoms with Gasteiger partial charge in [-0.25, -0.2) is 9.18 Å². The van der Waals surface area contributed by atoms with E-state index in [0.29, 0.717) is 12.2 Å². The van der Waals surface area contributed by atoms with Gasteiger partial charge in [-0.2, -0.15) is 0 Å². The SMILES string of the molecule is C=CCOCc1ccc(F)c(C(=O)O)c1. The Balaban J connectivity index is 2.78. The molecule has 0 unspecified atom stereocenters. The van der Waals surface area contributed by atoms with Crippen LogP contribution in [0.1, 0.15) is 15.9 Å². The van der Waals surface area contributed by atoms with Crippen molar-refractivity contribution >= 4 is 5.97 Å². The molecule has 0 fully saturated rings. The molecule has 0 saturated carbocycles. The Bertz CT molecular complexity index is 374. The van der Waals surface area contributed by atoms with Gasteiger partial charge < -0.3 is 9.84 Å². The molecule has 80 valence electrons. The van der Waals surface area contributed by atoms with Crippen molar-refractivity contribution in [3.63, 3.8) is 0 Å². The first-order valence-electron chi connectivity index (χ1n) is 4.35. The molecule has 0 aliphatic rings. The fourth-order valence-electron chi connectivity index (χ4n) is 1.09. The molecular weight excluding hydrogens is 199 g/mol. The maximum Gasteiger partial charge on any atom is 0.338 e. The highest BCUT2D eigenvalue weighted by atomic mass is 19.1. The van der Waals surface area contributed by atoms with E-state index >= 15 is 0 Å². The van der Waals surface area contributed by atoms with Gasteiger partial charge in [-0.3, -0.25) is 0 Å². The van der Waals surface area contributed by atoms with E-state index in [1.807, 2.05) is 0 Å². The van der Waals surface area contributed by atoms with Gasteiger partial charge in [-0.15, -0.1) is 6.58 Å². The van der Waals surface area contributed by atoms with Crippen molar-refractivity contribution in [3.05, 3.63) is 47.8 Å². The summed E-state index contributed by atoms with van der Waals surface area (Å²) in [7, 11) is 0. The van der Waals surface area contributed by atoms with Gasteiger partial charge in [0.15, 0.2) is 0 Å². The van der Waals surface area contributed by atoms with Crippen LogP contribution in [0.5, 0.6) is 0 Å². The standard InChI is InChI=1S/C11H11FO3/c1-2-5-15-7-8-3-4-10(12)9(6-8)11(13)14/h2-4,6H,1,5,7H2,(H,13,14). The number of carboxylic acids is 1. The second kappa shape index (κ2) is 5.26. The highest BCUT2D eigenvalue weighted by molar-refractivity contribution is 5.88. The number of rotatable bonds is 5. The molecule has 0 heterocycles. The van der Waals surface area contributed by atoms with Crippen LogP contribution in [0.4, 0.5) is 4.39 Å². The van der Waals surface area contributed by atoms with E-state index in [9.17, 15) is 9.18 Å². The van der Waals surface area contributed by atoms with Crippen LogP contribution < -0.4 is 0 Å². The zero-order valence-electron chi connectivity index (χ0n) is 8.07. The van der Waals surface area contributed by atoms with Gasteiger partial charge in [0.2, 0.25) is 0 Å². The van der Waals surface area contributed by atoms with E-state index in [4.69, 9.17) is 9.84 Å². The van der Waals surface area contributed by atoms with Gasteiger partial charge in [0.25, 0.3) is 0 Å². The van der Waals surface area contributed by atoms with Crippen molar-refractivity contribution in [2.24, 2.45) is 0 Å². The van der Waals surface area contributed by atoms with E-state index in [2.05, 4.69) is 6.58 Å². The highest BCUT2D eigenvalue weighted by Crippen LogP contribution is 2.11. The largest absolute Gasteiger partial charge is 0.478 e. The van der Waals surface area contributed by atoms with Crippen molar-refractivity contribution in [2.75, 3.05) is 6.61 Å². The summed E-state index contributed by atoms with van der Waals surface area (Å²) in [4.78, 5) is 10.6. The normalized spacial score (nSPS) is 9.93. The molecule has 1 rings (SSSR count). The Labute approximate surface area is 86.8 Å². The Hall–Kier alpha value is -1.68. The molecule has 0 aliphatic heterocycles. The minimum absolute atomic E-state index is 0.243. The average Bonchev–Trinajstić information content (AvgIpc) is 2.20. The number of benzene rings is 1. The minimum Gasteiger partial charge on any atom is -0.478 e. The van der Waals surface area contributed by atoms with Gasteiger partial charge in [0, 0.05) is 0 Å². The summed E-state index contributed by atoms with van der Waals surface area (Å²) >= 11 is 0. The summed E-state index contributed by atoms with van der Waals surface area (Å²) in [6.45, 7) is 4.09. The number of aromatic carboxylic acids is 1. The lowest BCUT2D eigenvalue weighted by Gasteiger charge is -2.03. The zero-order chi connectivity index (χ0) is 11.3. The number of carbonyl (C=O) groups is 1. The molecule has 1 N–H and O–H groups in total. The van der Waals surface area contributed by atoms with Gasteiger partial charge in [0.1, 0.15) is 5.82 Å². The summed E-state index contributed by atoms with van der Waals surface area (Å²) in [5.74, 6) is -2.02. The predicted molar refractivity (Wildman–Crippen MR) is 53.2 cm³/mol. The van der Waals surface area contributed by atoms with Crippen LogP contribution in [0.2, 0.25) is 0 Å². The van der Waals surface area contributed by atoms with Crippen molar-refractivity contribution in [1.82, 2.24) is 0 Å². The fraction of sp³-hybridized carbons (Fsp3) is 0.182. The monoisotopic (exact) mass is 210 g/mol. The van der Waals surface area contributed by atoms with Gasteiger partial charge in [0.05, 0.1) is 18.8 Å². The lowest BCUT2D eigenvalue weighted by molar-refractivity contribution is 0.0691. The first-order valence-corrected chi connectivity index (χ1v) is 4.35. The third kappa shape index (κ3) is 3.18. The van der Waals surface area contributed by atoms with Crippen molar-refractivity contribution in [1.29, 1.82) is 0 Å². The summed E-state index contributed by atoms with van der Waals surface area (Å²) in [5.41, 5.74) is 0.283. The lowest BCUT2D eigenvalue weighted by atomic mass is 10.1. The highest BCUT2D eigenvalue weighted by Gasteiger charge is 2.10. The van der Waals surface area contributed by atoms with Crippen molar-refractivity contribution < 1.29 is 19.0 Å². The summed E-state index contributed by atoms with van der Waals surface area (Å²) < 4.78 is 18.1. The van der Waals surface area contributed by atoms with E-state index < -0.39 is 11.8 Å². The van der Waals surface area contributed by atoms with Crippen LogP contribution in [-0.2, 0) is 11.3 Å². The van der Waals surface area contributed by atoms with Crippen LogP contribution >= 0.6 is 0 Å². The third-order valence-electron chi connectivity index (χ3n) is 1.77. The first-order chi connectivity index (χ1) is 7.15. The minimum atomic E-state index is -1.28.